The number of fused-ring (bicyclic) bond motifs is 3. The minimum atomic E-state index is -0.406. The number of carbonyl (C=O) groups is 1. The van der Waals surface area contributed by atoms with Gasteiger partial charge in [0.1, 0.15) is 11.6 Å². The van der Waals surface area contributed by atoms with Crippen LogP contribution in [0.3, 0.4) is 0 Å². The predicted molar refractivity (Wildman–Crippen MR) is 111 cm³/mol. The van der Waals surface area contributed by atoms with Gasteiger partial charge in [0.2, 0.25) is 0 Å². The Balaban J connectivity index is 1.73. The smallest absolute Gasteiger partial charge is 0.306 e. The first-order valence-electron chi connectivity index (χ1n) is 10.1. The van der Waals surface area contributed by atoms with E-state index in [1.54, 1.807) is 6.07 Å². The van der Waals surface area contributed by atoms with Gasteiger partial charge in [-0.25, -0.2) is 4.39 Å². The van der Waals surface area contributed by atoms with E-state index < -0.39 is 5.82 Å². The van der Waals surface area contributed by atoms with Gasteiger partial charge in [-0.05, 0) is 74.6 Å². The molecule has 154 valence electrons. The molecule has 0 saturated heterocycles. The van der Waals surface area contributed by atoms with Crippen molar-refractivity contribution < 1.29 is 19.0 Å². The van der Waals surface area contributed by atoms with E-state index in [0.29, 0.717) is 30.5 Å². The highest BCUT2D eigenvalue weighted by Gasteiger charge is 2.30. The van der Waals surface area contributed by atoms with Crippen LogP contribution < -0.4 is 0 Å². The van der Waals surface area contributed by atoms with Gasteiger partial charge in [0, 0.05) is 28.6 Å². The highest BCUT2D eigenvalue weighted by Crippen LogP contribution is 2.38. The van der Waals surface area contributed by atoms with E-state index in [1.165, 1.54) is 18.2 Å². The molecule has 1 aromatic heterocycles. The fourth-order valence-corrected chi connectivity index (χ4v) is 4.36. The molecule has 1 atom stereocenters. The molecule has 0 spiro atoms. The van der Waals surface area contributed by atoms with Crippen LogP contribution >= 0.6 is 0 Å². The van der Waals surface area contributed by atoms with E-state index >= 15 is 0 Å². The van der Waals surface area contributed by atoms with Crippen molar-refractivity contribution in [1.82, 2.24) is 4.57 Å². The molecule has 5 nitrogen and oxygen atoms in total. The molecule has 1 heterocycles. The lowest BCUT2D eigenvalue weighted by Gasteiger charge is -2.14. The first-order chi connectivity index (χ1) is 14.4. The number of hydrogen-bond donors (Lipinski definition) is 1. The molecule has 0 saturated carbocycles. The fraction of sp³-hybridized carbons (Fsp3) is 0.333. The average Bonchev–Trinajstić information content (AvgIpc) is 3.21. The second-order valence-electron chi connectivity index (χ2n) is 8.15. The highest BCUT2D eigenvalue weighted by molar-refractivity contribution is 5.88. The van der Waals surface area contributed by atoms with Crippen molar-refractivity contribution in [3.8, 4) is 11.8 Å². The van der Waals surface area contributed by atoms with Gasteiger partial charge in [-0.2, -0.15) is 5.26 Å². The van der Waals surface area contributed by atoms with Crippen LogP contribution in [0.4, 0.5) is 4.39 Å². The number of nitriles is 1. The van der Waals surface area contributed by atoms with Crippen molar-refractivity contribution in [3.63, 3.8) is 0 Å². The Labute approximate surface area is 174 Å². The number of carbonyl (C=O) groups excluding carboxylic acids is 1. The summed E-state index contributed by atoms with van der Waals surface area (Å²) in [4.78, 5) is 12.2. The van der Waals surface area contributed by atoms with Crippen LogP contribution in [0, 0.1) is 23.1 Å². The molecule has 0 aliphatic heterocycles. The van der Waals surface area contributed by atoms with Gasteiger partial charge in [0.25, 0.3) is 0 Å². The first-order valence-corrected chi connectivity index (χ1v) is 10.1. The molecule has 0 bridgehead atoms. The molecular formula is C24H23FN2O3. The third kappa shape index (κ3) is 3.76. The number of hydrogen-bond acceptors (Lipinski definition) is 4. The number of phenolic OH excluding ortho intramolecular Hbond substituents is 1. The van der Waals surface area contributed by atoms with Crippen molar-refractivity contribution in [2.75, 3.05) is 0 Å². The Morgan fingerprint density at radius 1 is 1.30 bits per heavy atom. The minimum absolute atomic E-state index is 0.0377. The summed E-state index contributed by atoms with van der Waals surface area (Å²) in [6.07, 6.45) is 1.59. The Morgan fingerprint density at radius 3 is 2.83 bits per heavy atom. The third-order valence-corrected chi connectivity index (χ3v) is 5.58. The van der Waals surface area contributed by atoms with Crippen LogP contribution in [0.1, 0.15) is 42.7 Å². The van der Waals surface area contributed by atoms with Gasteiger partial charge in [-0.1, -0.05) is 0 Å². The van der Waals surface area contributed by atoms with Crippen LogP contribution in [0.5, 0.6) is 5.75 Å². The van der Waals surface area contributed by atoms with E-state index in [0.717, 1.165) is 28.6 Å². The van der Waals surface area contributed by atoms with E-state index in [4.69, 9.17) is 4.74 Å². The molecule has 4 rings (SSSR count). The number of nitrogens with zero attached hydrogens (tertiary/aromatic N) is 2. The van der Waals surface area contributed by atoms with Crippen molar-refractivity contribution in [3.05, 3.63) is 64.6 Å². The van der Waals surface area contributed by atoms with E-state index in [-0.39, 0.29) is 23.7 Å². The zero-order valence-electron chi connectivity index (χ0n) is 17.0. The van der Waals surface area contributed by atoms with Gasteiger partial charge in [-0.3, -0.25) is 4.79 Å². The summed E-state index contributed by atoms with van der Waals surface area (Å²) in [5.41, 5.74) is 4.16. The molecular weight excluding hydrogens is 383 g/mol. The summed E-state index contributed by atoms with van der Waals surface area (Å²) in [5, 5.41) is 20.5. The maximum atomic E-state index is 13.8. The number of halogens is 1. The zero-order valence-corrected chi connectivity index (χ0v) is 17.0. The van der Waals surface area contributed by atoms with E-state index in [9.17, 15) is 19.6 Å². The predicted octanol–water partition coefficient (Wildman–Crippen LogP) is 4.46. The molecule has 6 heteroatoms. The number of benzene rings is 2. The number of esters is 1. The average molecular weight is 406 g/mol. The van der Waals surface area contributed by atoms with Gasteiger partial charge in [0.15, 0.2) is 0 Å². The number of aromatic hydroxyl groups is 1. The summed E-state index contributed by atoms with van der Waals surface area (Å²) in [6, 6.07) is 11.6. The van der Waals surface area contributed by atoms with E-state index in [2.05, 4.69) is 10.6 Å². The van der Waals surface area contributed by atoms with Crippen molar-refractivity contribution in [1.29, 1.82) is 5.26 Å². The molecule has 0 unspecified atom stereocenters. The lowest BCUT2D eigenvalue weighted by molar-refractivity contribution is -0.148. The quantitative estimate of drug-likeness (QED) is 0.635. The monoisotopic (exact) mass is 406 g/mol. The molecule has 30 heavy (non-hydrogen) atoms. The maximum absolute atomic E-state index is 13.8. The highest BCUT2D eigenvalue weighted by atomic mass is 19.1. The number of ether oxygens (including phenoxy) is 1. The van der Waals surface area contributed by atoms with Gasteiger partial charge in [-0.15, -0.1) is 0 Å². The number of rotatable bonds is 5. The lowest BCUT2D eigenvalue weighted by atomic mass is 10.0. The number of phenols is 1. The summed E-state index contributed by atoms with van der Waals surface area (Å²) in [6.45, 7) is 3.97. The largest absolute Gasteiger partial charge is 0.508 e. The molecule has 0 fully saturated rings. The topological polar surface area (TPSA) is 75.2 Å². The van der Waals surface area contributed by atoms with Gasteiger partial charge in [0.05, 0.1) is 24.3 Å². The standard InChI is InChI=1S/C24H23FN2O3/c1-14(2)30-24(29)10-16-8-20-19-7-15(12-26)3-5-21(19)27(22(20)9-16)13-17-11-18(25)4-6-23(17)28/h3-7,11,14,16,28H,8-10,13H2,1-2H3/t16-/m0/s1. The maximum Gasteiger partial charge on any atom is 0.306 e. The Hall–Kier alpha value is -3.33. The van der Waals surface area contributed by atoms with Crippen LogP contribution in [-0.4, -0.2) is 21.7 Å². The van der Waals surface area contributed by atoms with Crippen LogP contribution in [-0.2, 0) is 28.9 Å². The molecule has 0 amide bonds. The van der Waals surface area contributed by atoms with Gasteiger partial charge < -0.3 is 14.4 Å². The van der Waals surface area contributed by atoms with Crippen LogP contribution in [0.2, 0.25) is 0 Å². The Kier molecular flexibility index (Phi) is 5.21. The van der Waals surface area contributed by atoms with E-state index in [1.807, 2.05) is 26.0 Å². The SMILES string of the molecule is CC(C)OC(=O)C[C@H]1Cc2c(n(Cc3cc(F)ccc3O)c3ccc(C#N)cc23)C1. The van der Waals surface area contributed by atoms with Gasteiger partial charge >= 0.3 is 5.97 Å². The summed E-state index contributed by atoms with van der Waals surface area (Å²) < 4.78 is 21.1. The summed E-state index contributed by atoms with van der Waals surface area (Å²) >= 11 is 0. The minimum Gasteiger partial charge on any atom is -0.508 e. The summed E-state index contributed by atoms with van der Waals surface area (Å²) in [5.74, 6) is -0.465. The molecule has 2 aromatic carbocycles. The summed E-state index contributed by atoms with van der Waals surface area (Å²) in [7, 11) is 0. The number of aromatic nitrogens is 1. The lowest BCUT2D eigenvalue weighted by Crippen LogP contribution is -2.16. The Morgan fingerprint density at radius 2 is 2.10 bits per heavy atom. The second kappa shape index (κ2) is 7.83. The van der Waals surface area contributed by atoms with Crippen molar-refractivity contribution in [2.45, 2.75) is 45.8 Å². The second-order valence-corrected chi connectivity index (χ2v) is 8.15. The third-order valence-electron chi connectivity index (χ3n) is 5.58. The molecule has 1 aliphatic carbocycles. The molecule has 1 aliphatic rings. The first kappa shape index (κ1) is 20.0. The molecule has 3 aromatic rings. The molecule has 1 N–H and O–H groups in total. The Bertz CT molecular complexity index is 1170. The van der Waals surface area contributed by atoms with Crippen LogP contribution in [0.25, 0.3) is 10.9 Å². The molecule has 0 radical (unpaired) electrons. The fourth-order valence-electron chi connectivity index (χ4n) is 4.36. The zero-order chi connectivity index (χ0) is 21.4. The van der Waals surface area contributed by atoms with Crippen molar-refractivity contribution in [2.24, 2.45) is 5.92 Å². The normalized spacial score (nSPS) is 15.4. The van der Waals surface area contributed by atoms with Crippen LogP contribution in [0.15, 0.2) is 36.4 Å². The van der Waals surface area contributed by atoms with Crippen molar-refractivity contribution >= 4 is 16.9 Å².